The molecule has 1 amide bonds. The van der Waals surface area contributed by atoms with E-state index in [1.54, 1.807) is 6.07 Å². The maximum Gasteiger partial charge on any atom is 0.260 e. The van der Waals surface area contributed by atoms with Gasteiger partial charge in [-0.15, -0.1) is 0 Å². The number of hydrogen-bond donors (Lipinski definition) is 2. The van der Waals surface area contributed by atoms with Crippen molar-refractivity contribution in [2.45, 2.75) is 6.92 Å². The molecule has 1 heterocycles. The molecule has 0 spiro atoms. The van der Waals surface area contributed by atoms with E-state index in [0.29, 0.717) is 11.2 Å². The normalized spacial score (nSPS) is 10.5. The summed E-state index contributed by atoms with van der Waals surface area (Å²) in [4.78, 5) is 12.1. The zero-order valence-corrected chi connectivity index (χ0v) is 13.6. The maximum atomic E-state index is 13.6. The largest absolute Gasteiger partial charge is 0.330 e. The second-order valence-corrected chi connectivity index (χ2v) is 5.71. The summed E-state index contributed by atoms with van der Waals surface area (Å²) in [5.41, 5.74) is 2.94. The number of amides is 1. The maximum absolute atomic E-state index is 13.6. The lowest BCUT2D eigenvalue weighted by atomic mass is 10.1. The van der Waals surface area contributed by atoms with Crippen LogP contribution in [0.2, 0.25) is 0 Å². The number of aryl methyl sites for hydroxylation is 1. The Kier molecular flexibility index (Phi) is 4.26. The van der Waals surface area contributed by atoms with Gasteiger partial charge in [0.15, 0.2) is 5.11 Å². The first-order chi connectivity index (χ1) is 11.1. The lowest BCUT2D eigenvalue weighted by Crippen LogP contribution is -2.34. The predicted molar refractivity (Wildman–Crippen MR) is 92.2 cm³/mol. The predicted octanol–water partition coefficient (Wildman–Crippen LogP) is 3.27. The average Bonchev–Trinajstić information content (AvgIpc) is 2.99. The zero-order valence-electron chi connectivity index (χ0n) is 12.0. The van der Waals surface area contributed by atoms with E-state index in [1.165, 1.54) is 18.2 Å². The molecule has 2 N–H and O–H groups in total. The number of carbonyl (C=O) groups excluding carboxylic acids is 1. The van der Waals surface area contributed by atoms with Gasteiger partial charge in [0, 0.05) is 0 Å². The monoisotopic (exact) mass is 346 g/mol. The smallest absolute Gasteiger partial charge is 0.260 e. The molecule has 0 bridgehead atoms. The molecule has 3 rings (SSSR count). The van der Waals surface area contributed by atoms with Crippen LogP contribution in [0.5, 0.6) is 0 Å². The van der Waals surface area contributed by atoms with Crippen LogP contribution in [-0.4, -0.2) is 19.8 Å². The number of halogens is 1. The first-order valence-corrected chi connectivity index (χ1v) is 7.79. The third-order valence-electron chi connectivity index (χ3n) is 3.22. The Bertz CT molecular complexity index is 909. The highest BCUT2D eigenvalue weighted by molar-refractivity contribution is 7.80. The van der Waals surface area contributed by atoms with Crippen molar-refractivity contribution in [3.05, 3.63) is 53.3 Å². The highest BCUT2D eigenvalue weighted by Gasteiger charge is 2.14. The Labute approximate surface area is 140 Å². The Morgan fingerprint density at radius 2 is 2.00 bits per heavy atom. The van der Waals surface area contributed by atoms with Crippen LogP contribution < -0.4 is 10.6 Å². The minimum atomic E-state index is -0.609. The van der Waals surface area contributed by atoms with Gasteiger partial charge in [0.2, 0.25) is 0 Å². The molecule has 5 nitrogen and oxygen atoms in total. The van der Waals surface area contributed by atoms with Crippen LogP contribution in [0, 0.1) is 12.7 Å². The topological polar surface area (TPSA) is 66.9 Å². The van der Waals surface area contributed by atoms with Gasteiger partial charge in [-0.1, -0.05) is 18.2 Å². The van der Waals surface area contributed by atoms with Crippen molar-refractivity contribution < 1.29 is 9.18 Å². The molecular formula is C15H11FN4OS2. The van der Waals surface area contributed by atoms with Crippen LogP contribution in [0.25, 0.3) is 11.0 Å². The second kappa shape index (κ2) is 6.35. The van der Waals surface area contributed by atoms with E-state index < -0.39 is 11.7 Å². The molecule has 0 fully saturated rings. The van der Waals surface area contributed by atoms with E-state index in [-0.39, 0.29) is 10.7 Å². The number of nitrogens with one attached hydrogen (secondary N) is 2. The number of nitrogens with zero attached hydrogens (tertiary/aromatic N) is 2. The fourth-order valence-corrected chi connectivity index (χ4v) is 2.81. The number of benzene rings is 2. The van der Waals surface area contributed by atoms with Crippen LogP contribution in [-0.2, 0) is 0 Å². The third-order valence-corrected chi connectivity index (χ3v) is 3.97. The van der Waals surface area contributed by atoms with E-state index >= 15 is 0 Å². The second-order valence-electron chi connectivity index (χ2n) is 4.78. The van der Waals surface area contributed by atoms with Gasteiger partial charge in [-0.05, 0) is 42.9 Å². The minimum absolute atomic E-state index is 0.0677. The van der Waals surface area contributed by atoms with Crippen LogP contribution in [0.4, 0.5) is 10.1 Å². The summed E-state index contributed by atoms with van der Waals surface area (Å²) >= 11 is 6.24. The Morgan fingerprint density at radius 1 is 1.22 bits per heavy atom. The fourth-order valence-electron chi connectivity index (χ4n) is 2.07. The van der Waals surface area contributed by atoms with Gasteiger partial charge in [-0.25, -0.2) is 4.39 Å². The van der Waals surface area contributed by atoms with Crippen molar-refractivity contribution in [2.24, 2.45) is 0 Å². The highest BCUT2D eigenvalue weighted by Crippen LogP contribution is 2.25. The number of rotatable bonds is 2. The third kappa shape index (κ3) is 3.17. The lowest BCUT2D eigenvalue weighted by Gasteiger charge is -2.12. The summed E-state index contributed by atoms with van der Waals surface area (Å²) in [6.45, 7) is 1.89. The van der Waals surface area contributed by atoms with Gasteiger partial charge in [0.1, 0.15) is 16.9 Å². The van der Waals surface area contributed by atoms with E-state index in [0.717, 1.165) is 22.8 Å². The molecule has 8 heteroatoms. The molecule has 0 atom stereocenters. The van der Waals surface area contributed by atoms with E-state index in [9.17, 15) is 9.18 Å². The van der Waals surface area contributed by atoms with Crippen molar-refractivity contribution in [3.8, 4) is 0 Å². The first kappa shape index (κ1) is 15.4. The number of carbonyl (C=O) groups is 1. The molecule has 0 aliphatic rings. The standard InChI is InChI=1S/C15H11FN4OS2/c1-8-6-7-11-13(20-23-19-11)12(8)17-15(22)18-14(21)9-4-2-3-5-10(9)16/h2-7H,1H3,(H2,17,18,21,22). The van der Waals surface area contributed by atoms with Crippen molar-refractivity contribution in [2.75, 3.05) is 5.32 Å². The van der Waals surface area contributed by atoms with E-state index in [1.807, 2.05) is 19.1 Å². The molecule has 0 aliphatic heterocycles. The molecule has 0 saturated heterocycles. The molecule has 0 unspecified atom stereocenters. The first-order valence-electron chi connectivity index (χ1n) is 6.65. The van der Waals surface area contributed by atoms with Gasteiger partial charge < -0.3 is 5.32 Å². The molecule has 3 aromatic rings. The van der Waals surface area contributed by atoms with Crippen LogP contribution in [0.3, 0.4) is 0 Å². The lowest BCUT2D eigenvalue weighted by molar-refractivity contribution is 0.0974. The molecule has 0 aliphatic carbocycles. The molecule has 0 saturated carbocycles. The van der Waals surface area contributed by atoms with Gasteiger partial charge in [-0.3, -0.25) is 10.1 Å². The minimum Gasteiger partial charge on any atom is -0.330 e. The van der Waals surface area contributed by atoms with E-state index in [4.69, 9.17) is 12.2 Å². The van der Waals surface area contributed by atoms with Crippen molar-refractivity contribution in [1.29, 1.82) is 0 Å². The van der Waals surface area contributed by atoms with Gasteiger partial charge in [0.05, 0.1) is 23.0 Å². The van der Waals surface area contributed by atoms with Crippen molar-refractivity contribution >= 4 is 51.7 Å². The molecule has 1 aromatic heterocycles. The van der Waals surface area contributed by atoms with Gasteiger partial charge in [0.25, 0.3) is 5.91 Å². The molecular weight excluding hydrogens is 335 g/mol. The summed E-state index contributed by atoms with van der Waals surface area (Å²) in [6.07, 6.45) is 0. The molecule has 0 radical (unpaired) electrons. The quantitative estimate of drug-likeness (QED) is 0.697. The fraction of sp³-hybridized carbons (Fsp3) is 0.0667. The molecule has 2 aromatic carbocycles. The molecule has 116 valence electrons. The summed E-state index contributed by atoms with van der Waals surface area (Å²) in [7, 11) is 0. The summed E-state index contributed by atoms with van der Waals surface area (Å²) in [5, 5.41) is 5.48. The number of anilines is 1. The van der Waals surface area contributed by atoms with Crippen LogP contribution in [0.15, 0.2) is 36.4 Å². The Morgan fingerprint density at radius 3 is 2.78 bits per heavy atom. The van der Waals surface area contributed by atoms with Crippen molar-refractivity contribution in [1.82, 2.24) is 14.1 Å². The van der Waals surface area contributed by atoms with Crippen LogP contribution >= 0.6 is 23.9 Å². The Hall–Kier alpha value is -2.45. The number of thiocarbonyl (C=S) groups is 1. The van der Waals surface area contributed by atoms with Crippen LogP contribution in [0.1, 0.15) is 15.9 Å². The van der Waals surface area contributed by atoms with Crippen molar-refractivity contribution in [3.63, 3.8) is 0 Å². The Balaban J connectivity index is 1.79. The number of fused-ring (bicyclic) bond motifs is 1. The van der Waals surface area contributed by atoms with E-state index in [2.05, 4.69) is 19.4 Å². The summed E-state index contributed by atoms with van der Waals surface area (Å²) < 4.78 is 22.0. The van der Waals surface area contributed by atoms with Gasteiger partial charge >= 0.3 is 0 Å². The SMILES string of the molecule is Cc1ccc2nsnc2c1NC(=S)NC(=O)c1ccccc1F. The zero-order chi connectivity index (χ0) is 16.4. The summed E-state index contributed by atoms with van der Waals surface area (Å²) in [6, 6.07) is 9.46. The average molecular weight is 346 g/mol. The summed E-state index contributed by atoms with van der Waals surface area (Å²) in [5.74, 6) is -1.21. The highest BCUT2D eigenvalue weighted by atomic mass is 32.1. The molecule has 23 heavy (non-hydrogen) atoms. The number of aromatic nitrogens is 2. The number of hydrogen-bond acceptors (Lipinski definition) is 5. The van der Waals surface area contributed by atoms with Gasteiger partial charge in [-0.2, -0.15) is 8.75 Å².